The van der Waals surface area contributed by atoms with E-state index in [9.17, 15) is 0 Å². The molecule has 0 bridgehead atoms. The summed E-state index contributed by atoms with van der Waals surface area (Å²) in [5.74, 6) is -0.777. The lowest BCUT2D eigenvalue weighted by molar-refractivity contribution is -0.142. The summed E-state index contributed by atoms with van der Waals surface area (Å²) < 4.78 is 24.0. The molecule has 3 nitrogen and oxygen atoms in total. The van der Waals surface area contributed by atoms with Crippen LogP contribution >= 0.6 is 0 Å². The molecular weight excluding hydrogens is 120 g/mol. The molecule has 0 unspecified atom stereocenters. The standard InChI is InChI=1S/C6H12O3/c1-6(2)8-4-5(3-7)9-6/h5,7H,3-4H2,1-2H3/t5-/m1/s1/i3D2. The van der Waals surface area contributed by atoms with Crippen LogP contribution in [0.3, 0.4) is 0 Å². The highest BCUT2D eigenvalue weighted by atomic mass is 16.7. The van der Waals surface area contributed by atoms with Gasteiger partial charge in [-0.1, -0.05) is 0 Å². The molecule has 0 spiro atoms. The summed E-state index contributed by atoms with van der Waals surface area (Å²) in [4.78, 5) is 0. The molecular formula is C6H12O3. The lowest BCUT2D eigenvalue weighted by atomic mass is 10.4. The van der Waals surface area contributed by atoms with Crippen molar-refractivity contribution in [2.24, 2.45) is 0 Å². The first kappa shape index (κ1) is 4.66. The average molecular weight is 134 g/mol. The average Bonchev–Trinajstić information content (AvgIpc) is 2.07. The zero-order valence-electron chi connectivity index (χ0n) is 7.55. The molecule has 1 atom stereocenters. The zero-order valence-corrected chi connectivity index (χ0v) is 5.55. The molecule has 1 fully saturated rings. The second-order valence-electron chi connectivity index (χ2n) is 2.45. The highest BCUT2D eigenvalue weighted by Crippen LogP contribution is 2.21. The van der Waals surface area contributed by atoms with Crippen molar-refractivity contribution in [3.8, 4) is 0 Å². The topological polar surface area (TPSA) is 38.7 Å². The minimum Gasteiger partial charge on any atom is -0.394 e. The zero-order chi connectivity index (χ0) is 8.70. The summed E-state index contributed by atoms with van der Waals surface area (Å²) in [5.41, 5.74) is 0. The first-order chi connectivity index (χ1) is 4.81. The molecule has 1 heterocycles. The van der Waals surface area contributed by atoms with E-state index in [1.807, 2.05) is 0 Å². The van der Waals surface area contributed by atoms with Crippen LogP contribution in [-0.2, 0) is 9.47 Å². The second-order valence-corrected chi connectivity index (χ2v) is 2.45. The normalized spacial score (nSPS) is 37.9. The predicted octanol–water partition coefficient (Wildman–Crippen LogP) is 0.130. The van der Waals surface area contributed by atoms with Gasteiger partial charge in [-0.2, -0.15) is 0 Å². The van der Waals surface area contributed by atoms with E-state index in [0.29, 0.717) is 0 Å². The smallest absolute Gasteiger partial charge is 0.163 e. The third-order valence-electron chi connectivity index (χ3n) is 1.15. The molecule has 1 aliphatic rings. The van der Waals surface area contributed by atoms with Crippen molar-refractivity contribution >= 4 is 0 Å². The van der Waals surface area contributed by atoms with Gasteiger partial charge in [-0.25, -0.2) is 0 Å². The monoisotopic (exact) mass is 134 g/mol. The Morgan fingerprint density at radius 3 is 2.78 bits per heavy atom. The number of ether oxygens (including phenoxy) is 2. The third-order valence-corrected chi connectivity index (χ3v) is 1.15. The molecule has 0 aliphatic carbocycles. The van der Waals surface area contributed by atoms with Gasteiger partial charge in [-0.15, -0.1) is 0 Å². The first-order valence-electron chi connectivity index (χ1n) is 3.85. The summed E-state index contributed by atoms with van der Waals surface area (Å²) in [6.45, 7) is 1.14. The van der Waals surface area contributed by atoms with Gasteiger partial charge in [0.1, 0.15) is 6.10 Å². The van der Waals surface area contributed by atoms with Crippen LogP contribution in [0.25, 0.3) is 0 Å². The molecule has 0 amide bonds. The van der Waals surface area contributed by atoms with Crippen LogP contribution in [0, 0.1) is 0 Å². The molecule has 1 N–H and O–H groups in total. The van der Waals surface area contributed by atoms with E-state index < -0.39 is 18.5 Å². The molecule has 0 aromatic heterocycles. The summed E-state index contributed by atoms with van der Waals surface area (Å²) in [7, 11) is 0. The summed E-state index contributed by atoms with van der Waals surface area (Å²) in [6, 6.07) is 0. The summed E-state index contributed by atoms with van der Waals surface area (Å²) >= 11 is 0. The maximum absolute atomic E-state index is 8.88. The van der Waals surface area contributed by atoms with Crippen molar-refractivity contribution in [3.05, 3.63) is 0 Å². The summed E-state index contributed by atoms with van der Waals surface area (Å²) in [6.07, 6.45) is -0.877. The molecule has 3 heteroatoms. The molecule has 54 valence electrons. The fraction of sp³-hybridized carbons (Fsp3) is 1.00. The predicted molar refractivity (Wildman–Crippen MR) is 32.0 cm³/mol. The Hall–Kier alpha value is -0.120. The SMILES string of the molecule is [2H]C([2H])(O)[C@@H]1COC(C)(C)O1. The first-order valence-corrected chi connectivity index (χ1v) is 2.85. The van der Waals surface area contributed by atoms with Gasteiger partial charge in [-0.3, -0.25) is 0 Å². The molecule has 0 saturated carbocycles. The van der Waals surface area contributed by atoms with E-state index >= 15 is 0 Å². The molecule has 0 aromatic rings. The lowest BCUT2D eigenvalue weighted by Crippen LogP contribution is -2.22. The van der Waals surface area contributed by atoms with Crippen LogP contribution in [-0.4, -0.2) is 30.2 Å². The number of hydrogen-bond acceptors (Lipinski definition) is 3. The van der Waals surface area contributed by atoms with Gasteiger partial charge < -0.3 is 14.6 Å². The minimum atomic E-state index is -2.31. The lowest BCUT2D eigenvalue weighted by Gasteiger charge is -2.15. The van der Waals surface area contributed by atoms with Gasteiger partial charge in [-0.05, 0) is 13.8 Å². The molecule has 0 aromatic carbocycles. The molecule has 0 radical (unpaired) electrons. The Morgan fingerprint density at radius 1 is 1.89 bits per heavy atom. The summed E-state index contributed by atoms with van der Waals surface area (Å²) in [5, 5.41) is 8.88. The third kappa shape index (κ3) is 1.64. The highest BCUT2D eigenvalue weighted by Gasteiger charge is 2.31. The molecule has 1 rings (SSSR count). The van der Waals surface area contributed by atoms with Crippen molar-refractivity contribution in [2.75, 3.05) is 13.2 Å². The van der Waals surface area contributed by atoms with Crippen molar-refractivity contribution in [2.45, 2.75) is 25.7 Å². The Labute approximate surface area is 57.4 Å². The largest absolute Gasteiger partial charge is 0.394 e. The van der Waals surface area contributed by atoms with E-state index in [1.165, 1.54) is 0 Å². The van der Waals surface area contributed by atoms with Crippen LogP contribution in [0.15, 0.2) is 0 Å². The van der Waals surface area contributed by atoms with Crippen LogP contribution in [0.4, 0.5) is 0 Å². The Bertz CT molecular complexity index is 152. The second kappa shape index (κ2) is 2.25. The van der Waals surface area contributed by atoms with E-state index in [2.05, 4.69) is 0 Å². The van der Waals surface area contributed by atoms with Gasteiger partial charge in [0.2, 0.25) is 0 Å². The number of rotatable bonds is 1. The van der Waals surface area contributed by atoms with Crippen LogP contribution in [0.5, 0.6) is 0 Å². The van der Waals surface area contributed by atoms with Crippen molar-refractivity contribution in [1.82, 2.24) is 0 Å². The Balaban J connectivity index is 2.55. The maximum Gasteiger partial charge on any atom is 0.163 e. The van der Waals surface area contributed by atoms with Crippen LogP contribution in [0.2, 0.25) is 0 Å². The molecule has 1 saturated heterocycles. The van der Waals surface area contributed by atoms with E-state index in [0.717, 1.165) is 0 Å². The number of aliphatic hydroxyl groups is 1. The van der Waals surface area contributed by atoms with Gasteiger partial charge in [0.15, 0.2) is 5.79 Å². The van der Waals surface area contributed by atoms with Crippen molar-refractivity contribution in [3.63, 3.8) is 0 Å². The van der Waals surface area contributed by atoms with E-state index in [4.69, 9.17) is 17.3 Å². The molecule has 1 aliphatic heterocycles. The Kier molecular flexibility index (Phi) is 1.16. The number of hydrogen-bond donors (Lipinski definition) is 1. The van der Waals surface area contributed by atoms with Gasteiger partial charge in [0, 0.05) is 0 Å². The minimum absolute atomic E-state index is 0.0938. The van der Waals surface area contributed by atoms with Crippen molar-refractivity contribution in [1.29, 1.82) is 0 Å². The fourth-order valence-electron chi connectivity index (χ4n) is 0.751. The van der Waals surface area contributed by atoms with Gasteiger partial charge in [0.25, 0.3) is 0 Å². The van der Waals surface area contributed by atoms with E-state index in [-0.39, 0.29) is 6.61 Å². The highest BCUT2D eigenvalue weighted by molar-refractivity contribution is 4.69. The Morgan fingerprint density at radius 2 is 2.56 bits per heavy atom. The quantitative estimate of drug-likeness (QED) is 0.554. The van der Waals surface area contributed by atoms with Crippen molar-refractivity contribution < 1.29 is 17.3 Å². The van der Waals surface area contributed by atoms with Gasteiger partial charge >= 0.3 is 0 Å². The van der Waals surface area contributed by atoms with Gasteiger partial charge in [0.05, 0.1) is 15.9 Å². The van der Waals surface area contributed by atoms with E-state index in [1.54, 1.807) is 13.8 Å². The van der Waals surface area contributed by atoms with Crippen LogP contribution in [0.1, 0.15) is 16.6 Å². The van der Waals surface area contributed by atoms with Crippen LogP contribution < -0.4 is 0 Å². The fourth-order valence-corrected chi connectivity index (χ4v) is 0.751. The maximum atomic E-state index is 8.88. The molecule has 9 heavy (non-hydrogen) atoms.